The molecule has 0 saturated heterocycles. The second kappa shape index (κ2) is 6.95. The Bertz CT molecular complexity index is 891. The Hall–Kier alpha value is -3.23. The number of amides is 1. The molecule has 0 unspecified atom stereocenters. The van der Waals surface area contributed by atoms with Crippen LogP contribution in [0.2, 0.25) is 0 Å². The predicted molar refractivity (Wildman–Crippen MR) is 86.5 cm³/mol. The minimum Gasteiger partial charge on any atom is -0.344 e. The quantitative estimate of drug-likeness (QED) is 0.775. The smallest absolute Gasteiger partial charge is 0.344 e. The van der Waals surface area contributed by atoms with E-state index in [1.807, 2.05) is 18.2 Å². The van der Waals surface area contributed by atoms with Gasteiger partial charge < -0.3 is 5.32 Å². The molecule has 3 rings (SSSR count). The van der Waals surface area contributed by atoms with Gasteiger partial charge in [-0.3, -0.25) is 9.78 Å². The van der Waals surface area contributed by atoms with E-state index in [4.69, 9.17) is 0 Å². The lowest BCUT2D eigenvalue weighted by Gasteiger charge is -2.14. The van der Waals surface area contributed by atoms with E-state index in [0.29, 0.717) is 11.3 Å². The maximum atomic E-state index is 12.5. The van der Waals surface area contributed by atoms with Crippen LogP contribution in [-0.4, -0.2) is 25.9 Å². The number of hydrogen-bond acceptors (Lipinski definition) is 4. The van der Waals surface area contributed by atoms with Crippen LogP contribution in [0.5, 0.6) is 0 Å². The van der Waals surface area contributed by atoms with Crippen molar-refractivity contribution in [3.05, 3.63) is 71.8 Å². The van der Waals surface area contributed by atoms with Gasteiger partial charge in [0, 0.05) is 6.20 Å². The maximum absolute atomic E-state index is 12.5. The van der Waals surface area contributed by atoms with Crippen molar-refractivity contribution in [2.24, 2.45) is 0 Å². The van der Waals surface area contributed by atoms with E-state index in [-0.39, 0.29) is 5.69 Å². The molecule has 0 spiro atoms. The molecule has 0 aliphatic rings. The van der Waals surface area contributed by atoms with Gasteiger partial charge in [-0.15, -0.1) is 5.10 Å². The Labute approximate surface area is 146 Å². The van der Waals surface area contributed by atoms with Crippen molar-refractivity contribution in [2.75, 3.05) is 0 Å². The second-order valence-electron chi connectivity index (χ2n) is 5.52. The van der Waals surface area contributed by atoms with Gasteiger partial charge in [0.25, 0.3) is 5.91 Å². The number of pyridine rings is 1. The molecule has 3 aromatic rings. The molecule has 26 heavy (non-hydrogen) atoms. The molecule has 0 fully saturated rings. The Kier molecular flexibility index (Phi) is 4.70. The Morgan fingerprint density at radius 1 is 1.12 bits per heavy atom. The number of hydrogen-bond donors (Lipinski definition) is 1. The molecule has 0 aliphatic heterocycles. The van der Waals surface area contributed by atoms with Gasteiger partial charge >= 0.3 is 6.18 Å². The van der Waals surface area contributed by atoms with Crippen LogP contribution in [0, 0.1) is 0 Å². The van der Waals surface area contributed by atoms with E-state index < -0.39 is 23.8 Å². The van der Waals surface area contributed by atoms with Crippen LogP contribution in [0.1, 0.15) is 34.7 Å². The van der Waals surface area contributed by atoms with Crippen LogP contribution in [-0.2, 0) is 6.18 Å². The highest BCUT2D eigenvalue weighted by molar-refractivity contribution is 5.92. The molecule has 2 heterocycles. The molecule has 9 heteroatoms. The number of halogens is 3. The van der Waals surface area contributed by atoms with Crippen LogP contribution >= 0.6 is 0 Å². The fraction of sp³-hybridized carbons (Fsp3) is 0.176. The Morgan fingerprint density at radius 3 is 2.46 bits per heavy atom. The molecule has 2 aromatic heterocycles. The zero-order valence-electron chi connectivity index (χ0n) is 13.6. The number of benzene rings is 1. The third kappa shape index (κ3) is 3.88. The summed E-state index contributed by atoms with van der Waals surface area (Å²) >= 11 is 0. The topological polar surface area (TPSA) is 72.7 Å². The van der Waals surface area contributed by atoms with Gasteiger partial charge in [-0.2, -0.15) is 23.1 Å². The molecule has 0 radical (unpaired) electrons. The van der Waals surface area contributed by atoms with Gasteiger partial charge in [0.1, 0.15) is 5.69 Å². The zero-order chi connectivity index (χ0) is 18.7. The van der Waals surface area contributed by atoms with Crippen molar-refractivity contribution in [2.45, 2.75) is 19.1 Å². The number of carbonyl (C=O) groups is 1. The fourth-order valence-electron chi connectivity index (χ4n) is 2.24. The monoisotopic (exact) mass is 361 g/mol. The molecule has 134 valence electrons. The lowest BCUT2D eigenvalue weighted by Crippen LogP contribution is -2.27. The zero-order valence-corrected chi connectivity index (χ0v) is 13.6. The van der Waals surface area contributed by atoms with Gasteiger partial charge in [-0.25, -0.2) is 0 Å². The van der Waals surface area contributed by atoms with Crippen LogP contribution in [0.15, 0.2) is 54.9 Å². The number of nitrogens with zero attached hydrogens (tertiary/aromatic N) is 4. The van der Waals surface area contributed by atoms with Gasteiger partial charge in [-0.05, 0) is 30.7 Å². The summed E-state index contributed by atoms with van der Waals surface area (Å²) in [5.41, 5.74) is 0.263. The molecular weight excluding hydrogens is 347 g/mol. The number of carbonyl (C=O) groups excluding carboxylic acids is 1. The summed E-state index contributed by atoms with van der Waals surface area (Å²) in [6.07, 6.45) is -2.09. The van der Waals surface area contributed by atoms with Crippen LogP contribution in [0.3, 0.4) is 0 Å². The van der Waals surface area contributed by atoms with E-state index in [1.54, 1.807) is 19.1 Å². The average molecular weight is 361 g/mol. The molecule has 0 bridgehead atoms. The molecule has 0 saturated carbocycles. The molecule has 1 aromatic carbocycles. The van der Waals surface area contributed by atoms with E-state index in [0.717, 1.165) is 12.3 Å². The standard InChI is InChI=1S/C17H14F3N5O/c1-11(12-7-8-15(21-9-12)17(18,19)20)23-16(26)14-10-22-25(24-14)13-5-3-2-4-6-13/h2-11H,1H3,(H,23,26)/t11-/m0/s1. The van der Waals surface area contributed by atoms with Crippen molar-refractivity contribution in [1.82, 2.24) is 25.3 Å². The van der Waals surface area contributed by atoms with Gasteiger partial charge in [-0.1, -0.05) is 24.3 Å². The molecule has 1 N–H and O–H groups in total. The normalized spacial score (nSPS) is 12.6. The van der Waals surface area contributed by atoms with Crippen molar-refractivity contribution < 1.29 is 18.0 Å². The summed E-state index contributed by atoms with van der Waals surface area (Å²) < 4.78 is 37.6. The Balaban J connectivity index is 1.69. The third-order valence-corrected chi connectivity index (χ3v) is 3.64. The fourth-order valence-corrected chi connectivity index (χ4v) is 2.24. The summed E-state index contributed by atoms with van der Waals surface area (Å²) in [4.78, 5) is 17.0. The average Bonchev–Trinajstić information content (AvgIpc) is 3.12. The lowest BCUT2D eigenvalue weighted by atomic mass is 10.1. The van der Waals surface area contributed by atoms with Crippen LogP contribution in [0.4, 0.5) is 13.2 Å². The molecule has 6 nitrogen and oxygen atoms in total. The van der Waals surface area contributed by atoms with Gasteiger partial charge in [0.05, 0.1) is 17.9 Å². The van der Waals surface area contributed by atoms with E-state index in [9.17, 15) is 18.0 Å². The lowest BCUT2D eigenvalue weighted by molar-refractivity contribution is -0.141. The number of aromatic nitrogens is 4. The first kappa shape index (κ1) is 17.6. The summed E-state index contributed by atoms with van der Waals surface area (Å²) in [6, 6.07) is 10.7. The first-order chi connectivity index (χ1) is 12.3. The van der Waals surface area contributed by atoms with E-state index in [2.05, 4.69) is 20.5 Å². The summed E-state index contributed by atoms with van der Waals surface area (Å²) in [5, 5.41) is 10.8. The number of nitrogens with one attached hydrogen (secondary N) is 1. The first-order valence-electron chi connectivity index (χ1n) is 7.66. The predicted octanol–water partition coefficient (Wildman–Crippen LogP) is 3.17. The van der Waals surface area contributed by atoms with Crippen LogP contribution < -0.4 is 5.32 Å². The highest BCUT2D eigenvalue weighted by Crippen LogP contribution is 2.27. The first-order valence-corrected chi connectivity index (χ1v) is 7.66. The molecule has 1 atom stereocenters. The van der Waals surface area contributed by atoms with Crippen LogP contribution in [0.25, 0.3) is 5.69 Å². The SMILES string of the molecule is C[C@H](NC(=O)c1cnn(-c2ccccc2)n1)c1ccc(C(F)(F)F)nc1. The summed E-state index contributed by atoms with van der Waals surface area (Å²) in [7, 11) is 0. The molecular formula is C17H14F3N5O. The summed E-state index contributed by atoms with van der Waals surface area (Å²) in [6.45, 7) is 1.64. The van der Waals surface area contributed by atoms with Crippen molar-refractivity contribution in [3.63, 3.8) is 0 Å². The van der Waals surface area contributed by atoms with E-state index in [1.165, 1.54) is 17.1 Å². The van der Waals surface area contributed by atoms with Crippen molar-refractivity contribution >= 4 is 5.91 Å². The third-order valence-electron chi connectivity index (χ3n) is 3.64. The maximum Gasteiger partial charge on any atom is 0.433 e. The number of rotatable bonds is 4. The second-order valence-corrected chi connectivity index (χ2v) is 5.52. The van der Waals surface area contributed by atoms with E-state index >= 15 is 0 Å². The number of alkyl halides is 3. The summed E-state index contributed by atoms with van der Waals surface area (Å²) in [5.74, 6) is -0.487. The number of para-hydroxylation sites is 1. The largest absolute Gasteiger partial charge is 0.433 e. The Morgan fingerprint density at radius 2 is 1.85 bits per heavy atom. The highest BCUT2D eigenvalue weighted by Gasteiger charge is 2.32. The minimum atomic E-state index is -4.50. The molecule has 1 amide bonds. The highest BCUT2D eigenvalue weighted by atomic mass is 19.4. The van der Waals surface area contributed by atoms with Crippen molar-refractivity contribution in [3.8, 4) is 5.69 Å². The van der Waals surface area contributed by atoms with Gasteiger partial charge in [0.15, 0.2) is 5.69 Å². The minimum absolute atomic E-state index is 0.0978. The molecule has 0 aliphatic carbocycles. The van der Waals surface area contributed by atoms with Crippen molar-refractivity contribution in [1.29, 1.82) is 0 Å². The van der Waals surface area contributed by atoms with Gasteiger partial charge in [0.2, 0.25) is 0 Å².